The number of carbonyl (C=O) groups excluding carboxylic acids is 1. The first kappa shape index (κ1) is 22.4. The molecule has 3 rings (SSSR count). The van der Waals surface area contributed by atoms with Gasteiger partial charge in [0, 0.05) is 18.0 Å². The van der Waals surface area contributed by atoms with Gasteiger partial charge < -0.3 is 11.1 Å². The molecular weight excluding hydrogens is 397 g/mol. The molecule has 1 aliphatic rings. The van der Waals surface area contributed by atoms with E-state index in [-0.39, 0.29) is 36.8 Å². The number of aromatic nitrogens is 1. The zero-order chi connectivity index (χ0) is 16.1. The zero-order valence-electron chi connectivity index (χ0n) is 14.0. The molecule has 4 nitrogen and oxygen atoms in total. The van der Waals surface area contributed by atoms with Crippen LogP contribution in [0.15, 0.2) is 22.9 Å². The number of hydrogen-bond acceptors (Lipinski definition) is 5. The standard InChI is InChI=1S/C17H23N3OS2.2ClH/c18-10-14(12-5-2-1-3-6-12)20-16(21)9-13-11-23-17(19-13)15-7-4-8-22-15;;/h4,7-8,11-12,14H,1-3,5-6,9-10,18H2,(H,20,21);2*1H. The Labute approximate surface area is 169 Å². The second kappa shape index (κ2) is 11.1. The number of thiazole rings is 1. The lowest BCUT2D eigenvalue weighted by Crippen LogP contribution is -2.46. The Balaban J connectivity index is 0.00000156. The van der Waals surface area contributed by atoms with Gasteiger partial charge in [-0.2, -0.15) is 0 Å². The fraction of sp³-hybridized carbons (Fsp3) is 0.529. The van der Waals surface area contributed by atoms with E-state index in [9.17, 15) is 4.79 Å². The molecule has 8 heteroatoms. The van der Waals surface area contributed by atoms with Crippen LogP contribution in [0.3, 0.4) is 0 Å². The van der Waals surface area contributed by atoms with Crippen molar-refractivity contribution < 1.29 is 4.79 Å². The summed E-state index contributed by atoms with van der Waals surface area (Å²) in [5, 5.41) is 8.14. The van der Waals surface area contributed by atoms with E-state index in [1.807, 2.05) is 16.8 Å². The van der Waals surface area contributed by atoms with Crippen LogP contribution in [0.25, 0.3) is 9.88 Å². The van der Waals surface area contributed by atoms with Crippen molar-refractivity contribution >= 4 is 53.4 Å². The van der Waals surface area contributed by atoms with E-state index >= 15 is 0 Å². The second-order valence-corrected chi connectivity index (χ2v) is 7.91. The second-order valence-electron chi connectivity index (χ2n) is 6.11. The highest BCUT2D eigenvalue weighted by atomic mass is 35.5. The van der Waals surface area contributed by atoms with Gasteiger partial charge in [-0.15, -0.1) is 47.5 Å². The summed E-state index contributed by atoms with van der Waals surface area (Å²) < 4.78 is 0. The SMILES string of the molecule is Cl.Cl.NCC(NC(=O)Cc1csc(-c2cccs2)n1)C1CCCCC1. The molecule has 1 fully saturated rings. The van der Waals surface area contributed by atoms with E-state index in [0.29, 0.717) is 18.9 Å². The summed E-state index contributed by atoms with van der Waals surface area (Å²) >= 11 is 3.27. The van der Waals surface area contributed by atoms with Crippen molar-refractivity contribution in [1.82, 2.24) is 10.3 Å². The first-order valence-corrected chi connectivity index (χ1v) is 10.00. The Morgan fingerprint density at radius 2 is 2.04 bits per heavy atom. The molecule has 0 aromatic carbocycles. The lowest BCUT2D eigenvalue weighted by Gasteiger charge is -2.30. The molecule has 0 radical (unpaired) electrons. The highest BCUT2D eigenvalue weighted by Gasteiger charge is 2.24. The molecule has 0 aliphatic heterocycles. The summed E-state index contributed by atoms with van der Waals surface area (Å²) in [6.07, 6.45) is 6.53. The van der Waals surface area contributed by atoms with Crippen molar-refractivity contribution in [3.8, 4) is 9.88 Å². The lowest BCUT2D eigenvalue weighted by atomic mass is 9.84. The molecule has 2 heterocycles. The monoisotopic (exact) mass is 421 g/mol. The molecule has 1 amide bonds. The smallest absolute Gasteiger partial charge is 0.226 e. The lowest BCUT2D eigenvalue weighted by molar-refractivity contribution is -0.121. The third-order valence-corrected chi connectivity index (χ3v) is 6.37. The number of nitrogens with two attached hydrogens (primary N) is 1. The average Bonchev–Trinajstić information content (AvgIpc) is 3.24. The van der Waals surface area contributed by atoms with Crippen molar-refractivity contribution in [3.05, 3.63) is 28.6 Å². The maximum absolute atomic E-state index is 12.3. The maximum Gasteiger partial charge on any atom is 0.226 e. The predicted octanol–water partition coefficient (Wildman–Crippen LogP) is 4.28. The molecule has 0 bridgehead atoms. The van der Waals surface area contributed by atoms with Crippen LogP contribution in [-0.4, -0.2) is 23.5 Å². The average molecular weight is 422 g/mol. The highest BCUT2D eigenvalue weighted by Crippen LogP contribution is 2.28. The van der Waals surface area contributed by atoms with Gasteiger partial charge in [0.05, 0.1) is 17.0 Å². The molecular formula is C17H25Cl2N3OS2. The quantitative estimate of drug-likeness (QED) is 0.730. The number of hydrogen-bond donors (Lipinski definition) is 2. The van der Waals surface area contributed by atoms with Gasteiger partial charge in [-0.25, -0.2) is 4.98 Å². The van der Waals surface area contributed by atoms with Gasteiger partial charge in [-0.3, -0.25) is 4.79 Å². The molecule has 1 unspecified atom stereocenters. The molecule has 0 saturated heterocycles. The molecule has 25 heavy (non-hydrogen) atoms. The number of nitrogens with one attached hydrogen (secondary N) is 1. The third kappa shape index (κ3) is 6.22. The number of halogens is 2. The van der Waals surface area contributed by atoms with E-state index in [0.717, 1.165) is 15.6 Å². The minimum Gasteiger partial charge on any atom is -0.351 e. The molecule has 2 aromatic heterocycles. The van der Waals surface area contributed by atoms with Gasteiger partial charge in [-0.05, 0) is 30.2 Å². The molecule has 2 aromatic rings. The van der Waals surface area contributed by atoms with Crippen molar-refractivity contribution in [3.63, 3.8) is 0 Å². The summed E-state index contributed by atoms with van der Waals surface area (Å²) in [7, 11) is 0. The van der Waals surface area contributed by atoms with Gasteiger partial charge in [0.1, 0.15) is 5.01 Å². The summed E-state index contributed by atoms with van der Waals surface area (Å²) in [6, 6.07) is 4.18. The van der Waals surface area contributed by atoms with Crippen LogP contribution < -0.4 is 11.1 Å². The first-order chi connectivity index (χ1) is 11.3. The molecule has 1 aliphatic carbocycles. The largest absolute Gasteiger partial charge is 0.351 e. The highest BCUT2D eigenvalue weighted by molar-refractivity contribution is 7.20. The Morgan fingerprint density at radius 3 is 2.68 bits per heavy atom. The number of thiophene rings is 1. The molecule has 140 valence electrons. The van der Waals surface area contributed by atoms with Crippen LogP contribution in [0, 0.1) is 5.92 Å². The normalized spacial score (nSPS) is 15.7. The zero-order valence-corrected chi connectivity index (χ0v) is 17.2. The van der Waals surface area contributed by atoms with Gasteiger partial charge in [0.15, 0.2) is 0 Å². The van der Waals surface area contributed by atoms with E-state index in [1.165, 1.54) is 32.1 Å². The maximum atomic E-state index is 12.3. The summed E-state index contributed by atoms with van der Waals surface area (Å²) in [4.78, 5) is 18.1. The van der Waals surface area contributed by atoms with Gasteiger partial charge in [-0.1, -0.05) is 25.3 Å². The Bertz CT molecular complexity index is 628. The Hall–Kier alpha value is -0.660. The van der Waals surface area contributed by atoms with Crippen LogP contribution in [-0.2, 0) is 11.2 Å². The van der Waals surface area contributed by atoms with Crippen molar-refractivity contribution in [2.75, 3.05) is 6.54 Å². The van der Waals surface area contributed by atoms with Crippen LogP contribution in [0.5, 0.6) is 0 Å². The van der Waals surface area contributed by atoms with Crippen molar-refractivity contribution in [1.29, 1.82) is 0 Å². The fourth-order valence-electron chi connectivity index (χ4n) is 3.23. The van der Waals surface area contributed by atoms with Gasteiger partial charge in [0.25, 0.3) is 0 Å². The summed E-state index contributed by atoms with van der Waals surface area (Å²) in [5.74, 6) is 0.573. The first-order valence-electron chi connectivity index (χ1n) is 8.24. The van der Waals surface area contributed by atoms with E-state index in [4.69, 9.17) is 5.73 Å². The van der Waals surface area contributed by atoms with Gasteiger partial charge >= 0.3 is 0 Å². The third-order valence-electron chi connectivity index (χ3n) is 4.44. The number of nitrogens with zero attached hydrogens (tertiary/aromatic N) is 1. The minimum atomic E-state index is 0. The summed E-state index contributed by atoms with van der Waals surface area (Å²) in [5.41, 5.74) is 6.73. The molecule has 1 saturated carbocycles. The van der Waals surface area contributed by atoms with Gasteiger partial charge in [0.2, 0.25) is 5.91 Å². The van der Waals surface area contributed by atoms with Crippen LogP contribution in [0.1, 0.15) is 37.8 Å². The predicted molar refractivity (Wildman–Crippen MR) is 111 cm³/mol. The van der Waals surface area contributed by atoms with E-state index in [1.54, 1.807) is 22.7 Å². The Kier molecular flexibility index (Phi) is 9.97. The van der Waals surface area contributed by atoms with Crippen molar-refractivity contribution in [2.24, 2.45) is 11.7 Å². The minimum absolute atomic E-state index is 0. The van der Waals surface area contributed by atoms with E-state index < -0.39 is 0 Å². The van der Waals surface area contributed by atoms with E-state index in [2.05, 4.69) is 16.4 Å². The fourth-order valence-corrected chi connectivity index (χ4v) is 4.86. The molecule has 1 atom stereocenters. The number of rotatable bonds is 6. The van der Waals surface area contributed by atoms with Crippen LogP contribution >= 0.6 is 47.5 Å². The van der Waals surface area contributed by atoms with Crippen LogP contribution in [0.4, 0.5) is 0 Å². The number of amides is 1. The number of carbonyl (C=O) groups is 1. The Morgan fingerprint density at radius 1 is 1.28 bits per heavy atom. The summed E-state index contributed by atoms with van der Waals surface area (Å²) in [6.45, 7) is 0.522. The molecule has 0 spiro atoms. The van der Waals surface area contributed by atoms with Crippen LogP contribution in [0.2, 0.25) is 0 Å². The van der Waals surface area contributed by atoms with Crippen molar-refractivity contribution in [2.45, 2.75) is 44.6 Å². The molecule has 3 N–H and O–H groups in total. The topological polar surface area (TPSA) is 68.0 Å².